The molecule has 20 heavy (non-hydrogen) atoms. The second-order valence-electron chi connectivity index (χ2n) is 3.98. The van der Waals surface area contributed by atoms with E-state index in [1.54, 1.807) is 13.2 Å². The first-order valence-electron chi connectivity index (χ1n) is 5.61. The molecule has 0 atom stereocenters. The monoisotopic (exact) mass is 341 g/mol. The lowest BCUT2D eigenvalue weighted by atomic mass is 10.0. The van der Waals surface area contributed by atoms with Gasteiger partial charge in [-0.3, -0.25) is 0 Å². The molecule has 106 valence electrons. The number of carboxylic acid groups (broad SMARTS) is 1. The van der Waals surface area contributed by atoms with Gasteiger partial charge >= 0.3 is 5.97 Å². The average molecular weight is 342 g/mol. The molecule has 1 N–H and O–H groups in total. The highest BCUT2D eigenvalue weighted by Crippen LogP contribution is 2.42. The minimum atomic E-state index is -1.14. The summed E-state index contributed by atoms with van der Waals surface area (Å²) in [4.78, 5) is 10.8. The van der Waals surface area contributed by atoms with E-state index >= 15 is 0 Å². The summed E-state index contributed by atoms with van der Waals surface area (Å²) in [5.74, 6) is 0.277. The third-order valence-electron chi connectivity index (χ3n) is 2.85. The number of rotatable bonds is 4. The Morgan fingerprint density at radius 2 is 2.05 bits per heavy atom. The number of halogens is 1. The van der Waals surface area contributed by atoms with Crippen LogP contribution in [0.25, 0.3) is 11.3 Å². The van der Waals surface area contributed by atoms with Gasteiger partial charge in [-0.25, -0.2) is 4.79 Å². The zero-order valence-corrected chi connectivity index (χ0v) is 12.6. The van der Waals surface area contributed by atoms with E-state index in [0.717, 1.165) is 5.56 Å². The third-order valence-corrected chi connectivity index (χ3v) is 3.81. The van der Waals surface area contributed by atoms with Crippen LogP contribution in [-0.4, -0.2) is 30.5 Å². The normalized spacial score (nSPS) is 10.4. The maximum absolute atomic E-state index is 10.8. The van der Waals surface area contributed by atoms with Crippen LogP contribution in [0.5, 0.6) is 11.5 Å². The van der Waals surface area contributed by atoms with E-state index in [-0.39, 0.29) is 5.69 Å². The Balaban J connectivity index is 2.61. The van der Waals surface area contributed by atoms with Crippen molar-refractivity contribution in [3.8, 4) is 22.8 Å². The first kappa shape index (κ1) is 14.4. The highest BCUT2D eigenvalue weighted by molar-refractivity contribution is 9.10. The molecule has 0 saturated heterocycles. The van der Waals surface area contributed by atoms with Gasteiger partial charge in [0.05, 0.1) is 18.7 Å². The van der Waals surface area contributed by atoms with E-state index in [1.165, 1.54) is 13.2 Å². The lowest BCUT2D eigenvalue weighted by Crippen LogP contribution is -1.96. The molecule has 0 aliphatic heterocycles. The summed E-state index contributed by atoms with van der Waals surface area (Å²) in [7, 11) is 3.06. The van der Waals surface area contributed by atoms with Crippen molar-refractivity contribution in [3.05, 3.63) is 27.9 Å². The summed E-state index contributed by atoms with van der Waals surface area (Å²) in [6.45, 7) is 1.85. The molecule has 6 nitrogen and oxygen atoms in total. The lowest BCUT2D eigenvalue weighted by molar-refractivity contribution is 0.0686. The summed E-state index contributed by atoms with van der Waals surface area (Å²) >= 11 is 3.43. The number of hydrogen-bond donors (Lipinski definition) is 1. The SMILES string of the molecule is COc1cc(-c2cc(C(=O)O)no2)c(C)c(Br)c1OC. The summed E-state index contributed by atoms with van der Waals surface area (Å²) in [5, 5.41) is 12.4. The number of hydrogen-bond acceptors (Lipinski definition) is 5. The Labute approximate surface area is 123 Å². The molecule has 7 heteroatoms. The molecule has 0 unspecified atom stereocenters. The molecule has 0 fully saturated rings. The molecule has 1 aromatic carbocycles. The van der Waals surface area contributed by atoms with Crippen molar-refractivity contribution in [1.29, 1.82) is 0 Å². The van der Waals surface area contributed by atoms with Crippen LogP contribution in [0.1, 0.15) is 16.1 Å². The van der Waals surface area contributed by atoms with Crippen LogP contribution >= 0.6 is 15.9 Å². The van der Waals surface area contributed by atoms with Gasteiger partial charge in [0.2, 0.25) is 0 Å². The zero-order valence-electron chi connectivity index (χ0n) is 11.1. The Morgan fingerprint density at radius 1 is 1.35 bits per heavy atom. The first-order valence-corrected chi connectivity index (χ1v) is 6.40. The first-order chi connectivity index (χ1) is 9.49. The van der Waals surface area contributed by atoms with E-state index in [4.69, 9.17) is 19.1 Å². The second kappa shape index (κ2) is 5.54. The fourth-order valence-corrected chi connectivity index (χ4v) is 2.37. The highest BCUT2D eigenvalue weighted by Gasteiger charge is 2.20. The Hall–Kier alpha value is -2.02. The third kappa shape index (κ3) is 2.36. The summed E-state index contributed by atoms with van der Waals surface area (Å²) in [6, 6.07) is 3.08. The van der Waals surface area contributed by atoms with Crippen LogP contribution in [0.15, 0.2) is 21.1 Å². The molecule has 0 saturated carbocycles. The van der Waals surface area contributed by atoms with Crippen molar-refractivity contribution in [2.45, 2.75) is 6.92 Å². The fraction of sp³-hybridized carbons (Fsp3) is 0.231. The largest absolute Gasteiger partial charge is 0.493 e. The van der Waals surface area contributed by atoms with Crippen molar-refractivity contribution >= 4 is 21.9 Å². The number of methoxy groups -OCH3 is 2. The van der Waals surface area contributed by atoms with Crippen molar-refractivity contribution in [2.24, 2.45) is 0 Å². The van der Waals surface area contributed by atoms with E-state index in [9.17, 15) is 4.79 Å². The van der Waals surface area contributed by atoms with Crippen LogP contribution < -0.4 is 9.47 Å². The summed E-state index contributed by atoms with van der Waals surface area (Å²) in [6.07, 6.45) is 0. The van der Waals surface area contributed by atoms with Crippen LogP contribution in [0, 0.1) is 6.92 Å². The maximum Gasteiger partial charge on any atom is 0.358 e. The van der Waals surface area contributed by atoms with Gasteiger partial charge in [-0.05, 0) is 34.5 Å². The molecule has 2 rings (SSSR count). The molecule has 1 aromatic heterocycles. The molecule has 0 radical (unpaired) electrons. The van der Waals surface area contributed by atoms with Crippen LogP contribution in [0.4, 0.5) is 0 Å². The maximum atomic E-state index is 10.8. The van der Waals surface area contributed by atoms with Crippen LogP contribution in [0.3, 0.4) is 0 Å². The van der Waals surface area contributed by atoms with Crippen LogP contribution in [-0.2, 0) is 0 Å². The van der Waals surface area contributed by atoms with Gasteiger partial charge in [-0.2, -0.15) is 0 Å². The van der Waals surface area contributed by atoms with Crippen molar-refractivity contribution in [2.75, 3.05) is 14.2 Å². The van der Waals surface area contributed by atoms with Crippen LogP contribution in [0.2, 0.25) is 0 Å². The molecular formula is C13H12BrNO5. The smallest absolute Gasteiger partial charge is 0.358 e. The molecule has 0 bridgehead atoms. The Kier molecular flexibility index (Phi) is 3.99. The van der Waals surface area contributed by atoms with E-state index in [0.29, 0.717) is 27.3 Å². The topological polar surface area (TPSA) is 81.8 Å². The minimum absolute atomic E-state index is 0.148. The molecule has 0 spiro atoms. The van der Waals surface area contributed by atoms with E-state index in [1.807, 2.05) is 6.92 Å². The van der Waals surface area contributed by atoms with E-state index < -0.39 is 5.97 Å². The molecular weight excluding hydrogens is 330 g/mol. The van der Waals surface area contributed by atoms with Crippen molar-refractivity contribution in [1.82, 2.24) is 5.16 Å². The summed E-state index contributed by atoms with van der Waals surface area (Å²) in [5.41, 5.74) is 1.36. The molecule has 1 heterocycles. The van der Waals surface area contributed by atoms with Gasteiger partial charge in [-0.1, -0.05) is 5.16 Å². The summed E-state index contributed by atoms with van der Waals surface area (Å²) < 4.78 is 16.3. The second-order valence-corrected chi connectivity index (χ2v) is 4.77. The number of ether oxygens (including phenoxy) is 2. The van der Waals surface area contributed by atoms with Crippen molar-refractivity contribution < 1.29 is 23.9 Å². The van der Waals surface area contributed by atoms with Gasteiger partial charge in [0.1, 0.15) is 0 Å². The highest BCUT2D eigenvalue weighted by atomic mass is 79.9. The van der Waals surface area contributed by atoms with E-state index in [2.05, 4.69) is 21.1 Å². The molecule has 0 aliphatic rings. The van der Waals surface area contributed by atoms with Crippen molar-refractivity contribution in [3.63, 3.8) is 0 Å². The van der Waals surface area contributed by atoms with Gasteiger partial charge in [0, 0.05) is 11.6 Å². The average Bonchev–Trinajstić information content (AvgIpc) is 2.91. The number of aromatic carboxylic acids is 1. The fourth-order valence-electron chi connectivity index (χ4n) is 1.80. The molecule has 0 aliphatic carbocycles. The zero-order chi connectivity index (χ0) is 14.9. The number of carbonyl (C=O) groups is 1. The molecule has 2 aromatic rings. The van der Waals surface area contributed by atoms with Gasteiger partial charge in [0.15, 0.2) is 23.0 Å². The Bertz CT molecular complexity index is 665. The number of benzene rings is 1. The van der Waals surface area contributed by atoms with Gasteiger partial charge in [-0.15, -0.1) is 0 Å². The quantitative estimate of drug-likeness (QED) is 0.919. The number of carboxylic acids is 1. The predicted molar refractivity (Wildman–Crippen MR) is 74.4 cm³/mol. The lowest BCUT2D eigenvalue weighted by Gasteiger charge is -2.14. The predicted octanol–water partition coefficient (Wildman–Crippen LogP) is 3.13. The Morgan fingerprint density at radius 3 is 2.55 bits per heavy atom. The number of aromatic nitrogens is 1. The molecule has 0 amide bonds. The number of nitrogens with zero attached hydrogens (tertiary/aromatic N) is 1. The van der Waals surface area contributed by atoms with Gasteiger partial charge < -0.3 is 19.1 Å². The van der Waals surface area contributed by atoms with Gasteiger partial charge in [0.25, 0.3) is 0 Å². The minimum Gasteiger partial charge on any atom is -0.493 e. The standard InChI is InChI=1S/C13H12BrNO5/c1-6-7(9-5-8(13(16)17)15-20-9)4-10(18-2)12(19-3)11(6)14/h4-5H,1-3H3,(H,16,17).